The molecule has 0 saturated carbocycles. The molecule has 4 aromatic rings. The van der Waals surface area contributed by atoms with Crippen LogP contribution in [-0.4, -0.2) is 36.1 Å². The van der Waals surface area contributed by atoms with Crippen molar-refractivity contribution >= 4 is 22.3 Å². The molecule has 0 unspecified atom stereocenters. The van der Waals surface area contributed by atoms with Crippen LogP contribution in [0.4, 0.5) is 24.5 Å². The Bertz CT molecular complexity index is 1370. The Morgan fingerprint density at radius 2 is 1.68 bits per heavy atom. The van der Waals surface area contributed by atoms with Crippen molar-refractivity contribution in [2.45, 2.75) is 32.4 Å². The highest BCUT2D eigenvalue weighted by molar-refractivity contribution is 5.93. The van der Waals surface area contributed by atoms with E-state index in [1.807, 2.05) is 43.3 Å². The number of piperidine rings is 1. The number of alkyl halides is 3. The Balaban J connectivity index is 1.22. The van der Waals surface area contributed by atoms with Crippen molar-refractivity contribution in [1.82, 2.24) is 9.88 Å². The SMILES string of the molecule is Cc1cc(Nc2cc(OCCN3CCC(Cc4ccccc4)CC3)cc(C(F)(F)F)c2)c2ccccc2n1. The molecule has 1 saturated heterocycles. The third-order valence-electron chi connectivity index (χ3n) is 7.11. The fourth-order valence-corrected chi connectivity index (χ4v) is 5.14. The second-order valence-electron chi connectivity index (χ2n) is 10.0. The van der Waals surface area contributed by atoms with Crippen LogP contribution in [0.25, 0.3) is 10.9 Å². The van der Waals surface area contributed by atoms with Crippen LogP contribution in [-0.2, 0) is 12.6 Å². The number of rotatable bonds is 8. The molecule has 5 rings (SSSR count). The van der Waals surface area contributed by atoms with E-state index in [9.17, 15) is 13.2 Å². The molecule has 1 fully saturated rings. The van der Waals surface area contributed by atoms with Gasteiger partial charge in [-0.1, -0.05) is 48.5 Å². The monoisotopic (exact) mass is 519 g/mol. The summed E-state index contributed by atoms with van der Waals surface area (Å²) in [5.74, 6) is 0.871. The molecule has 4 nitrogen and oxygen atoms in total. The van der Waals surface area contributed by atoms with E-state index in [4.69, 9.17) is 4.74 Å². The molecule has 198 valence electrons. The maximum absolute atomic E-state index is 13.7. The molecule has 1 N–H and O–H groups in total. The van der Waals surface area contributed by atoms with E-state index in [1.165, 1.54) is 5.56 Å². The van der Waals surface area contributed by atoms with Crippen LogP contribution < -0.4 is 10.1 Å². The Kier molecular flexibility index (Phi) is 7.84. The molecule has 0 aliphatic carbocycles. The lowest BCUT2D eigenvalue weighted by Crippen LogP contribution is -2.37. The van der Waals surface area contributed by atoms with Crippen LogP contribution in [0.2, 0.25) is 0 Å². The highest BCUT2D eigenvalue weighted by Crippen LogP contribution is 2.36. The first-order valence-electron chi connectivity index (χ1n) is 13.1. The van der Waals surface area contributed by atoms with Gasteiger partial charge in [0.05, 0.1) is 11.1 Å². The van der Waals surface area contributed by atoms with Crippen LogP contribution in [0.3, 0.4) is 0 Å². The maximum atomic E-state index is 13.7. The molecular weight excluding hydrogens is 487 g/mol. The van der Waals surface area contributed by atoms with Gasteiger partial charge in [-0.05, 0) is 75.0 Å². The van der Waals surface area contributed by atoms with Crippen molar-refractivity contribution < 1.29 is 17.9 Å². The fourth-order valence-electron chi connectivity index (χ4n) is 5.14. The largest absolute Gasteiger partial charge is 0.492 e. The number of aromatic nitrogens is 1. The van der Waals surface area contributed by atoms with Gasteiger partial charge in [0.25, 0.3) is 0 Å². The van der Waals surface area contributed by atoms with Crippen LogP contribution in [0.15, 0.2) is 78.9 Å². The number of likely N-dealkylation sites (tertiary alicyclic amines) is 1. The van der Waals surface area contributed by atoms with Crippen LogP contribution in [0.5, 0.6) is 5.75 Å². The number of pyridine rings is 1. The van der Waals surface area contributed by atoms with E-state index in [0.29, 0.717) is 30.4 Å². The Hall–Kier alpha value is -3.58. The van der Waals surface area contributed by atoms with E-state index in [2.05, 4.69) is 39.5 Å². The minimum Gasteiger partial charge on any atom is -0.492 e. The number of anilines is 2. The average molecular weight is 520 g/mol. The van der Waals surface area contributed by atoms with Gasteiger partial charge in [0.2, 0.25) is 0 Å². The minimum absolute atomic E-state index is 0.205. The van der Waals surface area contributed by atoms with Gasteiger partial charge >= 0.3 is 6.18 Å². The quantitative estimate of drug-likeness (QED) is 0.260. The number of hydrogen-bond donors (Lipinski definition) is 1. The van der Waals surface area contributed by atoms with Crippen molar-refractivity contribution in [2.24, 2.45) is 5.92 Å². The lowest BCUT2D eigenvalue weighted by molar-refractivity contribution is -0.137. The molecule has 1 aromatic heterocycles. The predicted octanol–water partition coefficient (Wildman–Crippen LogP) is 7.64. The molecule has 2 heterocycles. The van der Waals surface area contributed by atoms with Crippen molar-refractivity contribution in [3.8, 4) is 5.75 Å². The summed E-state index contributed by atoms with van der Waals surface area (Å²) in [5, 5.41) is 4.02. The summed E-state index contributed by atoms with van der Waals surface area (Å²) < 4.78 is 47.0. The molecule has 7 heteroatoms. The molecule has 1 aliphatic heterocycles. The second kappa shape index (κ2) is 11.4. The van der Waals surface area contributed by atoms with Gasteiger partial charge in [-0.15, -0.1) is 0 Å². The first-order valence-corrected chi connectivity index (χ1v) is 13.1. The molecule has 0 amide bonds. The summed E-state index contributed by atoms with van der Waals surface area (Å²) in [4.78, 5) is 6.85. The Labute approximate surface area is 221 Å². The summed E-state index contributed by atoms with van der Waals surface area (Å²) in [6, 6.07) is 23.8. The fraction of sp³-hybridized carbons (Fsp3) is 0.323. The predicted molar refractivity (Wildman–Crippen MR) is 146 cm³/mol. The number of para-hydroxylation sites is 1. The summed E-state index contributed by atoms with van der Waals surface area (Å²) in [6.07, 6.45) is -1.15. The van der Waals surface area contributed by atoms with Crippen LogP contribution >= 0.6 is 0 Å². The lowest BCUT2D eigenvalue weighted by Gasteiger charge is -2.32. The maximum Gasteiger partial charge on any atom is 0.416 e. The van der Waals surface area contributed by atoms with Crippen molar-refractivity contribution in [1.29, 1.82) is 0 Å². The number of aryl methyl sites for hydroxylation is 1. The summed E-state index contributed by atoms with van der Waals surface area (Å²) in [5.41, 5.74) is 3.23. The number of benzene rings is 3. The van der Waals surface area contributed by atoms with Gasteiger partial charge < -0.3 is 10.1 Å². The standard InChI is InChI=1S/C31H32F3N3O/c1-22-17-30(28-9-5-6-10-29(28)35-22)36-26-19-25(31(32,33)34)20-27(21-26)38-16-15-37-13-11-24(12-14-37)18-23-7-3-2-4-8-23/h2-10,17,19-21,24H,11-16,18H2,1H3,(H,35,36). The number of fused-ring (bicyclic) bond motifs is 1. The second-order valence-corrected chi connectivity index (χ2v) is 10.0. The molecular formula is C31H32F3N3O. The third kappa shape index (κ3) is 6.64. The van der Waals surface area contributed by atoms with E-state index in [0.717, 1.165) is 61.1 Å². The van der Waals surface area contributed by atoms with E-state index in [-0.39, 0.29) is 5.75 Å². The Morgan fingerprint density at radius 1 is 0.947 bits per heavy atom. The summed E-state index contributed by atoms with van der Waals surface area (Å²) >= 11 is 0. The highest BCUT2D eigenvalue weighted by Gasteiger charge is 2.31. The summed E-state index contributed by atoms with van der Waals surface area (Å²) in [6.45, 7) is 4.84. The van der Waals surface area contributed by atoms with Crippen molar-refractivity contribution in [2.75, 3.05) is 31.6 Å². The Morgan fingerprint density at radius 3 is 2.45 bits per heavy atom. The first kappa shape index (κ1) is 26.0. The van der Waals surface area contributed by atoms with E-state index >= 15 is 0 Å². The molecule has 1 aliphatic rings. The molecule has 0 atom stereocenters. The van der Waals surface area contributed by atoms with Crippen molar-refractivity contribution in [3.63, 3.8) is 0 Å². The van der Waals surface area contributed by atoms with Crippen molar-refractivity contribution in [3.05, 3.63) is 95.7 Å². The highest BCUT2D eigenvalue weighted by atomic mass is 19.4. The van der Waals surface area contributed by atoms with Gasteiger partial charge in [0.1, 0.15) is 12.4 Å². The zero-order valence-corrected chi connectivity index (χ0v) is 21.5. The van der Waals surface area contributed by atoms with Gasteiger partial charge in [-0.3, -0.25) is 9.88 Å². The molecule has 0 bridgehead atoms. The number of nitrogens with one attached hydrogen (secondary N) is 1. The third-order valence-corrected chi connectivity index (χ3v) is 7.11. The molecule has 3 aromatic carbocycles. The number of ether oxygens (including phenoxy) is 1. The average Bonchev–Trinajstić information content (AvgIpc) is 2.90. The zero-order chi connectivity index (χ0) is 26.5. The zero-order valence-electron chi connectivity index (χ0n) is 21.5. The van der Waals surface area contributed by atoms with E-state index in [1.54, 1.807) is 6.07 Å². The number of nitrogens with zero attached hydrogens (tertiary/aromatic N) is 2. The van der Waals surface area contributed by atoms with Gasteiger partial charge in [0, 0.05) is 35.1 Å². The van der Waals surface area contributed by atoms with E-state index < -0.39 is 11.7 Å². The van der Waals surface area contributed by atoms with Crippen LogP contribution in [0.1, 0.15) is 29.7 Å². The van der Waals surface area contributed by atoms with Gasteiger partial charge in [-0.25, -0.2) is 0 Å². The molecule has 0 spiro atoms. The minimum atomic E-state index is -4.48. The normalized spacial score (nSPS) is 15.1. The number of halogens is 3. The topological polar surface area (TPSA) is 37.4 Å². The van der Waals surface area contributed by atoms with Gasteiger partial charge in [0.15, 0.2) is 0 Å². The van der Waals surface area contributed by atoms with Crippen LogP contribution in [0, 0.1) is 12.8 Å². The number of hydrogen-bond acceptors (Lipinski definition) is 4. The first-order chi connectivity index (χ1) is 18.3. The molecule has 38 heavy (non-hydrogen) atoms. The van der Waals surface area contributed by atoms with Gasteiger partial charge in [-0.2, -0.15) is 13.2 Å². The smallest absolute Gasteiger partial charge is 0.416 e. The summed E-state index contributed by atoms with van der Waals surface area (Å²) in [7, 11) is 0. The molecule has 0 radical (unpaired) electrons. The lowest BCUT2D eigenvalue weighted by atomic mass is 9.90.